The van der Waals surface area contributed by atoms with Gasteiger partial charge in [-0.05, 0) is 50.5 Å². The molecule has 1 saturated carbocycles. The van der Waals surface area contributed by atoms with Crippen LogP contribution in [-0.4, -0.2) is 29.6 Å². The molecule has 0 spiro atoms. The standard InChI is InChI=1S/C16H23ClN2S/c1-16(2)11-19(7-8-20-16)15-6-3-13(17)9-12(15)10-18-14-4-5-14/h3,6,9,14,18H,4-5,7-8,10-11H2,1-2H3. The topological polar surface area (TPSA) is 15.3 Å². The molecule has 0 amide bonds. The summed E-state index contributed by atoms with van der Waals surface area (Å²) in [5.41, 5.74) is 2.70. The van der Waals surface area contributed by atoms with Gasteiger partial charge in [-0.2, -0.15) is 11.8 Å². The number of halogens is 1. The minimum Gasteiger partial charge on any atom is -0.369 e. The highest BCUT2D eigenvalue weighted by atomic mass is 35.5. The molecule has 3 rings (SSSR count). The summed E-state index contributed by atoms with van der Waals surface area (Å²) in [6.45, 7) is 7.84. The molecule has 2 nitrogen and oxygen atoms in total. The van der Waals surface area contributed by atoms with Gasteiger partial charge in [0.1, 0.15) is 0 Å². The predicted molar refractivity (Wildman–Crippen MR) is 90.1 cm³/mol. The molecule has 1 heterocycles. The largest absolute Gasteiger partial charge is 0.369 e. The zero-order valence-electron chi connectivity index (χ0n) is 12.3. The van der Waals surface area contributed by atoms with Crippen LogP contribution in [0.5, 0.6) is 0 Å². The summed E-state index contributed by atoms with van der Waals surface area (Å²) in [6, 6.07) is 7.07. The van der Waals surface area contributed by atoms with Gasteiger partial charge < -0.3 is 10.2 Å². The fourth-order valence-electron chi connectivity index (χ4n) is 2.77. The van der Waals surface area contributed by atoms with E-state index in [2.05, 4.69) is 48.0 Å². The molecule has 110 valence electrons. The maximum atomic E-state index is 6.19. The van der Waals surface area contributed by atoms with Crippen LogP contribution in [0.4, 0.5) is 5.69 Å². The average Bonchev–Trinajstić information content (AvgIpc) is 3.19. The van der Waals surface area contributed by atoms with Crippen LogP contribution in [0.25, 0.3) is 0 Å². The van der Waals surface area contributed by atoms with Crippen molar-refractivity contribution < 1.29 is 0 Å². The van der Waals surface area contributed by atoms with Crippen LogP contribution >= 0.6 is 23.4 Å². The van der Waals surface area contributed by atoms with Crippen LogP contribution in [-0.2, 0) is 6.54 Å². The molecule has 0 unspecified atom stereocenters. The Morgan fingerprint density at radius 1 is 1.40 bits per heavy atom. The van der Waals surface area contributed by atoms with E-state index in [1.165, 1.54) is 29.8 Å². The zero-order chi connectivity index (χ0) is 14.2. The van der Waals surface area contributed by atoms with Gasteiger partial charge in [0.05, 0.1) is 0 Å². The van der Waals surface area contributed by atoms with Crippen molar-refractivity contribution in [2.45, 2.75) is 44.0 Å². The second kappa shape index (κ2) is 5.78. The molecule has 1 N–H and O–H groups in total. The first-order valence-corrected chi connectivity index (χ1v) is 8.81. The molecule has 20 heavy (non-hydrogen) atoms. The van der Waals surface area contributed by atoms with Crippen LogP contribution in [0.15, 0.2) is 18.2 Å². The van der Waals surface area contributed by atoms with Gasteiger partial charge in [0.25, 0.3) is 0 Å². The van der Waals surface area contributed by atoms with Gasteiger partial charge in [0, 0.05) is 46.9 Å². The lowest BCUT2D eigenvalue weighted by Crippen LogP contribution is -2.43. The number of thioether (sulfide) groups is 1. The molecule has 2 fully saturated rings. The summed E-state index contributed by atoms with van der Waals surface area (Å²) in [6.07, 6.45) is 2.65. The number of hydrogen-bond acceptors (Lipinski definition) is 3. The van der Waals surface area contributed by atoms with Crippen molar-refractivity contribution in [1.29, 1.82) is 0 Å². The van der Waals surface area contributed by atoms with E-state index in [0.717, 1.165) is 30.7 Å². The Hall–Kier alpha value is -0.380. The highest BCUT2D eigenvalue weighted by Crippen LogP contribution is 2.34. The molecule has 0 aromatic heterocycles. The second-order valence-corrected chi connectivity index (χ2v) is 8.70. The Balaban J connectivity index is 1.79. The van der Waals surface area contributed by atoms with Crippen molar-refractivity contribution in [2.24, 2.45) is 0 Å². The molecule has 1 aliphatic carbocycles. The molecule has 1 aromatic rings. The summed E-state index contributed by atoms with van der Waals surface area (Å²) >= 11 is 8.27. The second-order valence-electron chi connectivity index (χ2n) is 6.46. The summed E-state index contributed by atoms with van der Waals surface area (Å²) < 4.78 is 0.332. The van der Waals surface area contributed by atoms with E-state index in [4.69, 9.17) is 11.6 Å². The van der Waals surface area contributed by atoms with Gasteiger partial charge in [-0.3, -0.25) is 0 Å². The number of benzene rings is 1. The Kier molecular flexibility index (Phi) is 4.21. The van der Waals surface area contributed by atoms with E-state index in [9.17, 15) is 0 Å². The lowest BCUT2D eigenvalue weighted by atomic mass is 10.1. The Morgan fingerprint density at radius 3 is 2.90 bits per heavy atom. The summed E-state index contributed by atoms with van der Waals surface area (Å²) in [5.74, 6) is 1.20. The highest BCUT2D eigenvalue weighted by Gasteiger charge is 2.28. The predicted octanol–water partition coefficient (Wildman–Crippen LogP) is 3.92. The lowest BCUT2D eigenvalue weighted by Gasteiger charge is -2.39. The highest BCUT2D eigenvalue weighted by molar-refractivity contribution is 8.00. The third-order valence-electron chi connectivity index (χ3n) is 3.97. The molecule has 0 atom stereocenters. The molecule has 0 bridgehead atoms. The number of hydrogen-bond donors (Lipinski definition) is 1. The molecule has 1 aromatic carbocycles. The Morgan fingerprint density at radius 2 is 2.20 bits per heavy atom. The molecule has 2 aliphatic rings. The van der Waals surface area contributed by atoms with E-state index in [1.807, 2.05) is 6.07 Å². The first-order chi connectivity index (χ1) is 9.53. The quantitative estimate of drug-likeness (QED) is 0.907. The Bertz CT molecular complexity index is 485. The van der Waals surface area contributed by atoms with Crippen LogP contribution in [0, 0.1) is 0 Å². The minimum absolute atomic E-state index is 0.332. The van der Waals surface area contributed by atoms with Crippen molar-refractivity contribution in [3.05, 3.63) is 28.8 Å². The van der Waals surface area contributed by atoms with Crippen molar-refractivity contribution in [1.82, 2.24) is 5.32 Å². The fraction of sp³-hybridized carbons (Fsp3) is 0.625. The summed E-state index contributed by atoms with van der Waals surface area (Å²) in [4.78, 5) is 2.52. The van der Waals surface area contributed by atoms with Gasteiger partial charge in [-0.15, -0.1) is 0 Å². The van der Waals surface area contributed by atoms with Gasteiger partial charge in [0.15, 0.2) is 0 Å². The van der Waals surface area contributed by atoms with Gasteiger partial charge in [0.2, 0.25) is 0 Å². The van der Waals surface area contributed by atoms with Crippen molar-refractivity contribution >= 4 is 29.1 Å². The van der Waals surface area contributed by atoms with Crippen LogP contribution in [0.3, 0.4) is 0 Å². The minimum atomic E-state index is 0.332. The number of anilines is 1. The maximum absolute atomic E-state index is 6.19. The average molecular weight is 311 g/mol. The first-order valence-electron chi connectivity index (χ1n) is 7.44. The monoisotopic (exact) mass is 310 g/mol. The van der Waals surface area contributed by atoms with E-state index >= 15 is 0 Å². The first kappa shape index (κ1) is 14.6. The van der Waals surface area contributed by atoms with Gasteiger partial charge >= 0.3 is 0 Å². The number of rotatable bonds is 4. The smallest absolute Gasteiger partial charge is 0.0413 e. The number of nitrogens with zero attached hydrogens (tertiary/aromatic N) is 1. The normalized spacial score (nSPS) is 22.1. The van der Waals surface area contributed by atoms with Gasteiger partial charge in [-0.1, -0.05) is 11.6 Å². The fourth-order valence-corrected chi connectivity index (χ4v) is 4.07. The van der Waals surface area contributed by atoms with Gasteiger partial charge in [-0.25, -0.2) is 0 Å². The van der Waals surface area contributed by atoms with E-state index in [1.54, 1.807) is 0 Å². The van der Waals surface area contributed by atoms with Crippen molar-refractivity contribution in [3.8, 4) is 0 Å². The maximum Gasteiger partial charge on any atom is 0.0413 e. The molecular weight excluding hydrogens is 288 g/mol. The van der Waals surface area contributed by atoms with Crippen molar-refractivity contribution in [3.63, 3.8) is 0 Å². The Labute approximate surface area is 131 Å². The molecule has 1 saturated heterocycles. The van der Waals surface area contributed by atoms with E-state index in [-0.39, 0.29) is 0 Å². The van der Waals surface area contributed by atoms with E-state index < -0.39 is 0 Å². The van der Waals surface area contributed by atoms with E-state index in [0.29, 0.717) is 4.75 Å². The van der Waals surface area contributed by atoms with Crippen molar-refractivity contribution in [2.75, 3.05) is 23.7 Å². The number of nitrogens with one attached hydrogen (secondary N) is 1. The summed E-state index contributed by atoms with van der Waals surface area (Å²) in [5, 5.41) is 4.45. The third-order valence-corrected chi connectivity index (χ3v) is 5.50. The SMILES string of the molecule is CC1(C)CN(c2ccc(Cl)cc2CNC2CC2)CCS1. The van der Waals surface area contributed by atoms with Crippen LogP contribution < -0.4 is 10.2 Å². The molecule has 1 aliphatic heterocycles. The van der Waals surface area contributed by atoms with Crippen LogP contribution in [0.1, 0.15) is 32.3 Å². The lowest BCUT2D eigenvalue weighted by molar-refractivity contribution is 0.638. The molecule has 4 heteroatoms. The molecule has 0 radical (unpaired) electrons. The third kappa shape index (κ3) is 3.63. The van der Waals surface area contributed by atoms with Crippen LogP contribution in [0.2, 0.25) is 5.02 Å². The zero-order valence-corrected chi connectivity index (χ0v) is 13.9. The summed E-state index contributed by atoms with van der Waals surface area (Å²) in [7, 11) is 0. The molecular formula is C16H23ClN2S.